The van der Waals surface area contributed by atoms with E-state index in [0.29, 0.717) is 12.2 Å². The topological polar surface area (TPSA) is 62.3 Å². The van der Waals surface area contributed by atoms with E-state index in [4.69, 9.17) is 0 Å². The van der Waals surface area contributed by atoms with Crippen LogP contribution in [0.5, 0.6) is 0 Å². The van der Waals surface area contributed by atoms with Crippen LogP contribution in [-0.4, -0.2) is 23.3 Å². The highest BCUT2D eigenvalue weighted by molar-refractivity contribution is 6.07. The van der Waals surface area contributed by atoms with Gasteiger partial charge in [0.15, 0.2) is 0 Å². The SMILES string of the molecule is CCc1cccnc1C(=O)N1CCCc2c(NC(C)=O)ccc(C)c21. The van der Waals surface area contributed by atoms with Crippen LogP contribution in [0.2, 0.25) is 0 Å². The van der Waals surface area contributed by atoms with Crippen molar-refractivity contribution in [2.75, 3.05) is 16.8 Å². The molecule has 1 aromatic carbocycles. The molecule has 0 saturated heterocycles. The second-order valence-corrected chi connectivity index (χ2v) is 6.36. The Morgan fingerprint density at radius 2 is 2.08 bits per heavy atom. The first-order chi connectivity index (χ1) is 12.0. The average molecular weight is 337 g/mol. The number of rotatable bonds is 3. The number of benzene rings is 1. The summed E-state index contributed by atoms with van der Waals surface area (Å²) in [4.78, 5) is 30.9. The maximum atomic E-state index is 13.2. The molecular weight excluding hydrogens is 314 g/mol. The highest BCUT2D eigenvalue weighted by Gasteiger charge is 2.28. The number of carbonyl (C=O) groups excluding carboxylic acids is 2. The van der Waals surface area contributed by atoms with E-state index in [0.717, 1.165) is 47.3 Å². The second-order valence-electron chi connectivity index (χ2n) is 6.36. The third-order valence-electron chi connectivity index (χ3n) is 4.59. The van der Waals surface area contributed by atoms with E-state index in [1.54, 1.807) is 6.20 Å². The molecule has 1 aromatic heterocycles. The zero-order valence-corrected chi connectivity index (χ0v) is 14.9. The van der Waals surface area contributed by atoms with Gasteiger partial charge in [-0.15, -0.1) is 0 Å². The van der Waals surface area contributed by atoms with Crippen LogP contribution < -0.4 is 10.2 Å². The van der Waals surface area contributed by atoms with Crippen molar-refractivity contribution in [1.82, 2.24) is 4.98 Å². The zero-order valence-electron chi connectivity index (χ0n) is 14.9. The lowest BCUT2D eigenvalue weighted by molar-refractivity contribution is -0.114. The molecule has 3 rings (SSSR count). The van der Waals surface area contributed by atoms with Gasteiger partial charge in [-0.25, -0.2) is 0 Å². The van der Waals surface area contributed by atoms with Gasteiger partial charge in [0.05, 0.1) is 5.69 Å². The van der Waals surface area contributed by atoms with E-state index in [1.807, 2.05) is 43.0 Å². The lowest BCUT2D eigenvalue weighted by atomic mass is 9.95. The zero-order chi connectivity index (χ0) is 18.0. The Kier molecular flexibility index (Phi) is 4.83. The predicted octanol–water partition coefficient (Wildman–Crippen LogP) is 3.50. The van der Waals surface area contributed by atoms with E-state index < -0.39 is 0 Å². The standard InChI is InChI=1S/C20H23N3O2/c1-4-15-7-5-11-21-18(15)20(25)23-12-6-8-16-17(22-14(3)24)10-9-13(2)19(16)23/h5,7,9-11H,4,6,8,12H2,1-3H3,(H,22,24). The Morgan fingerprint density at radius 1 is 1.28 bits per heavy atom. The summed E-state index contributed by atoms with van der Waals surface area (Å²) >= 11 is 0. The van der Waals surface area contributed by atoms with Crippen LogP contribution in [0.1, 0.15) is 47.4 Å². The lowest BCUT2D eigenvalue weighted by Gasteiger charge is -2.32. The summed E-state index contributed by atoms with van der Waals surface area (Å²) in [6.45, 7) is 6.19. The maximum Gasteiger partial charge on any atom is 0.277 e. The van der Waals surface area contributed by atoms with Crippen LogP contribution in [0.3, 0.4) is 0 Å². The molecule has 1 aliphatic heterocycles. The third kappa shape index (κ3) is 3.27. The van der Waals surface area contributed by atoms with Crippen molar-refractivity contribution in [3.05, 3.63) is 52.8 Å². The summed E-state index contributed by atoms with van der Waals surface area (Å²) in [6.07, 6.45) is 4.14. The number of fused-ring (bicyclic) bond motifs is 1. The van der Waals surface area contributed by atoms with Gasteiger partial charge < -0.3 is 10.2 Å². The van der Waals surface area contributed by atoms with Crippen molar-refractivity contribution in [1.29, 1.82) is 0 Å². The van der Waals surface area contributed by atoms with Crippen LogP contribution in [0.15, 0.2) is 30.5 Å². The van der Waals surface area contributed by atoms with E-state index in [2.05, 4.69) is 10.3 Å². The summed E-state index contributed by atoms with van der Waals surface area (Å²) in [5, 5.41) is 2.89. The molecule has 1 N–H and O–H groups in total. The highest BCUT2D eigenvalue weighted by atomic mass is 16.2. The number of aromatic nitrogens is 1. The highest BCUT2D eigenvalue weighted by Crippen LogP contribution is 2.36. The molecule has 2 aromatic rings. The van der Waals surface area contributed by atoms with Crippen molar-refractivity contribution >= 4 is 23.2 Å². The fraction of sp³-hybridized carbons (Fsp3) is 0.350. The molecule has 0 fully saturated rings. The van der Waals surface area contributed by atoms with Crippen LogP contribution in [0, 0.1) is 6.92 Å². The second kappa shape index (κ2) is 7.05. The van der Waals surface area contributed by atoms with Gasteiger partial charge in [-0.2, -0.15) is 0 Å². The van der Waals surface area contributed by atoms with E-state index in [-0.39, 0.29) is 11.8 Å². The van der Waals surface area contributed by atoms with E-state index in [9.17, 15) is 9.59 Å². The molecule has 0 atom stereocenters. The summed E-state index contributed by atoms with van der Waals surface area (Å²) in [5.41, 5.74) is 5.24. The van der Waals surface area contributed by atoms with Gasteiger partial charge in [-0.3, -0.25) is 14.6 Å². The number of nitrogens with zero attached hydrogens (tertiary/aromatic N) is 2. The summed E-state index contributed by atoms with van der Waals surface area (Å²) in [7, 11) is 0. The Labute approximate surface area is 148 Å². The molecule has 1 aliphatic rings. The smallest absolute Gasteiger partial charge is 0.277 e. The normalized spacial score (nSPS) is 13.3. The summed E-state index contributed by atoms with van der Waals surface area (Å²) < 4.78 is 0. The molecule has 0 unspecified atom stereocenters. The number of anilines is 2. The Balaban J connectivity index is 2.07. The van der Waals surface area contributed by atoms with Gasteiger partial charge >= 0.3 is 0 Å². The Hall–Kier alpha value is -2.69. The molecule has 130 valence electrons. The molecule has 5 nitrogen and oxygen atoms in total. The molecule has 0 aliphatic carbocycles. The minimum atomic E-state index is -0.104. The third-order valence-corrected chi connectivity index (χ3v) is 4.59. The Morgan fingerprint density at radius 3 is 2.80 bits per heavy atom. The van der Waals surface area contributed by atoms with Crippen LogP contribution in [0.25, 0.3) is 0 Å². The molecule has 0 spiro atoms. The first-order valence-corrected chi connectivity index (χ1v) is 8.68. The first-order valence-electron chi connectivity index (χ1n) is 8.68. The van der Waals surface area contributed by atoms with E-state index in [1.165, 1.54) is 6.92 Å². The summed E-state index contributed by atoms with van der Waals surface area (Å²) in [6, 6.07) is 7.68. The van der Waals surface area contributed by atoms with Gasteiger partial charge in [0.2, 0.25) is 5.91 Å². The van der Waals surface area contributed by atoms with Crippen molar-refractivity contribution in [2.24, 2.45) is 0 Å². The number of hydrogen-bond acceptors (Lipinski definition) is 3. The quantitative estimate of drug-likeness (QED) is 0.932. The largest absolute Gasteiger partial charge is 0.326 e. The van der Waals surface area contributed by atoms with Gasteiger partial charge in [0.25, 0.3) is 5.91 Å². The maximum absolute atomic E-state index is 13.2. The van der Waals surface area contributed by atoms with Crippen molar-refractivity contribution in [2.45, 2.75) is 40.0 Å². The fourth-order valence-corrected chi connectivity index (χ4v) is 3.46. The van der Waals surface area contributed by atoms with Gasteiger partial charge in [0, 0.05) is 25.4 Å². The number of amides is 2. The van der Waals surface area contributed by atoms with E-state index >= 15 is 0 Å². The van der Waals surface area contributed by atoms with Gasteiger partial charge in [0.1, 0.15) is 5.69 Å². The van der Waals surface area contributed by atoms with Crippen molar-refractivity contribution in [3.63, 3.8) is 0 Å². The molecule has 5 heteroatoms. The summed E-state index contributed by atoms with van der Waals surface area (Å²) in [5.74, 6) is -0.172. The van der Waals surface area contributed by atoms with Gasteiger partial charge in [-0.05, 0) is 55.0 Å². The molecule has 0 bridgehead atoms. The number of pyridine rings is 1. The average Bonchev–Trinajstić information content (AvgIpc) is 2.62. The minimum absolute atomic E-state index is 0.0681. The number of aryl methyl sites for hydroxylation is 2. The lowest BCUT2D eigenvalue weighted by Crippen LogP contribution is -2.37. The molecular formula is C20H23N3O2. The minimum Gasteiger partial charge on any atom is -0.326 e. The molecule has 25 heavy (non-hydrogen) atoms. The van der Waals surface area contributed by atoms with Crippen LogP contribution >= 0.6 is 0 Å². The van der Waals surface area contributed by atoms with Crippen LogP contribution in [0.4, 0.5) is 11.4 Å². The number of carbonyl (C=O) groups is 2. The Bertz CT molecular complexity index is 830. The predicted molar refractivity (Wildman–Crippen MR) is 99.1 cm³/mol. The number of hydrogen-bond donors (Lipinski definition) is 1. The molecule has 2 amide bonds. The fourth-order valence-electron chi connectivity index (χ4n) is 3.46. The van der Waals surface area contributed by atoms with Gasteiger partial charge in [-0.1, -0.05) is 19.1 Å². The molecule has 0 saturated carbocycles. The molecule has 0 radical (unpaired) electrons. The first kappa shape index (κ1) is 17.1. The monoisotopic (exact) mass is 337 g/mol. The van der Waals surface area contributed by atoms with Crippen molar-refractivity contribution < 1.29 is 9.59 Å². The number of nitrogens with one attached hydrogen (secondary N) is 1. The van der Waals surface area contributed by atoms with Crippen LogP contribution in [-0.2, 0) is 17.6 Å². The van der Waals surface area contributed by atoms with Crippen molar-refractivity contribution in [3.8, 4) is 0 Å². The molecule has 2 heterocycles.